The molecule has 1 spiro atoms. The third kappa shape index (κ3) is 2.32. The number of carbonyl (C=O) groups is 1. The Kier molecular flexibility index (Phi) is 3.58. The first kappa shape index (κ1) is 18.1. The number of aromatic nitrogens is 2. The van der Waals surface area contributed by atoms with E-state index < -0.39 is 5.41 Å². The average Bonchev–Trinajstić information content (AvgIpc) is 3.34. The number of ketones is 1. The highest BCUT2D eigenvalue weighted by atomic mass is 32.1. The molecule has 1 aliphatic carbocycles. The lowest BCUT2D eigenvalue weighted by molar-refractivity contribution is 0.103. The van der Waals surface area contributed by atoms with Crippen molar-refractivity contribution in [2.24, 2.45) is 5.41 Å². The molecule has 2 saturated heterocycles. The molecule has 4 heterocycles. The van der Waals surface area contributed by atoms with Crippen molar-refractivity contribution in [1.29, 1.82) is 5.26 Å². The summed E-state index contributed by atoms with van der Waals surface area (Å²) in [6.07, 6.45) is 2.37. The molecular weight excluding hydrogens is 394 g/mol. The highest BCUT2D eigenvalue weighted by Gasteiger charge is 2.44. The molecule has 0 amide bonds. The van der Waals surface area contributed by atoms with E-state index in [0.29, 0.717) is 11.0 Å². The maximum atomic E-state index is 13.5. The lowest BCUT2D eigenvalue weighted by Crippen LogP contribution is -2.58. The molecule has 6 nitrogen and oxygen atoms in total. The van der Waals surface area contributed by atoms with Crippen LogP contribution in [0.1, 0.15) is 58.9 Å². The number of rotatable bonds is 1. The summed E-state index contributed by atoms with van der Waals surface area (Å²) in [6, 6.07) is 7.67. The molecule has 0 saturated carbocycles. The number of aromatic amines is 1. The summed E-state index contributed by atoms with van der Waals surface area (Å²) in [5, 5.41) is 14.5. The highest BCUT2D eigenvalue weighted by molar-refractivity contribution is 7.18. The second-order valence-corrected chi connectivity index (χ2v) is 10.4. The Labute approximate surface area is 178 Å². The monoisotopic (exact) mass is 417 g/mol. The number of nitriles is 1. The van der Waals surface area contributed by atoms with Crippen LogP contribution in [0, 0.1) is 16.7 Å². The molecule has 2 fully saturated rings. The minimum Gasteiger partial charge on any atom is -0.357 e. The van der Waals surface area contributed by atoms with Gasteiger partial charge >= 0.3 is 0 Å². The molecule has 3 aliphatic rings. The maximum absolute atomic E-state index is 13.5. The van der Waals surface area contributed by atoms with E-state index in [1.54, 1.807) is 17.4 Å². The van der Waals surface area contributed by atoms with Crippen LogP contribution in [-0.2, 0) is 5.41 Å². The first-order valence-electron chi connectivity index (χ1n) is 10.5. The minimum atomic E-state index is -0.395. The number of nitrogens with one attached hydrogen (secondary N) is 2. The fraction of sp³-hybridized carbons (Fsp3) is 0.435. The van der Waals surface area contributed by atoms with Crippen LogP contribution in [0.4, 0.5) is 5.13 Å². The van der Waals surface area contributed by atoms with Crippen molar-refractivity contribution >= 4 is 33.2 Å². The van der Waals surface area contributed by atoms with E-state index in [1.165, 1.54) is 12.8 Å². The number of nitrogens with zero attached hydrogens (tertiary/aromatic N) is 3. The van der Waals surface area contributed by atoms with E-state index in [4.69, 9.17) is 4.98 Å². The lowest BCUT2D eigenvalue weighted by Gasteiger charge is -2.48. The molecule has 3 aromatic rings. The zero-order valence-electron chi connectivity index (χ0n) is 17.1. The third-order valence-corrected chi connectivity index (χ3v) is 8.40. The minimum absolute atomic E-state index is 0.0516. The number of hydrogen-bond donors (Lipinski definition) is 2. The van der Waals surface area contributed by atoms with Gasteiger partial charge in [0, 0.05) is 48.2 Å². The zero-order chi connectivity index (χ0) is 20.7. The normalized spacial score (nSPS) is 21.2. The fourth-order valence-corrected chi connectivity index (χ4v) is 6.45. The number of carbonyl (C=O) groups excluding carboxylic acids is 1. The molecule has 152 valence electrons. The first-order chi connectivity index (χ1) is 14.4. The van der Waals surface area contributed by atoms with E-state index in [1.807, 2.05) is 12.1 Å². The Morgan fingerprint density at radius 2 is 2.00 bits per heavy atom. The topological polar surface area (TPSA) is 84.8 Å². The summed E-state index contributed by atoms with van der Waals surface area (Å²) in [5.74, 6) is 0.0516. The lowest BCUT2D eigenvalue weighted by atomic mass is 9.73. The Morgan fingerprint density at radius 1 is 1.23 bits per heavy atom. The SMILES string of the molecule is CC1(C)c2nc(N3CCC4(CC3)CNC4)sc2C(=O)c2c1[nH]c1cc(C#N)ccc21. The number of H-pyrrole nitrogens is 1. The van der Waals surface area contributed by atoms with Gasteiger partial charge in [-0.05, 0) is 44.2 Å². The molecule has 1 aromatic carbocycles. The number of piperidine rings is 1. The Balaban J connectivity index is 1.41. The van der Waals surface area contributed by atoms with Crippen LogP contribution in [0.25, 0.3) is 10.9 Å². The van der Waals surface area contributed by atoms with Gasteiger partial charge in [0.2, 0.25) is 5.78 Å². The van der Waals surface area contributed by atoms with Gasteiger partial charge in [-0.3, -0.25) is 4.79 Å². The largest absolute Gasteiger partial charge is 0.357 e. The van der Waals surface area contributed by atoms with Crippen molar-refractivity contribution in [2.75, 3.05) is 31.1 Å². The summed E-state index contributed by atoms with van der Waals surface area (Å²) >= 11 is 1.54. The van der Waals surface area contributed by atoms with Gasteiger partial charge in [-0.25, -0.2) is 4.98 Å². The van der Waals surface area contributed by atoms with Crippen LogP contribution >= 0.6 is 11.3 Å². The number of anilines is 1. The molecule has 2 N–H and O–H groups in total. The molecule has 0 bridgehead atoms. The van der Waals surface area contributed by atoms with Gasteiger partial charge in [0.1, 0.15) is 4.88 Å². The Hall–Kier alpha value is -2.69. The van der Waals surface area contributed by atoms with Crippen molar-refractivity contribution in [3.63, 3.8) is 0 Å². The molecule has 30 heavy (non-hydrogen) atoms. The van der Waals surface area contributed by atoms with Gasteiger partial charge in [-0.1, -0.05) is 17.4 Å². The zero-order valence-corrected chi connectivity index (χ0v) is 17.9. The van der Waals surface area contributed by atoms with Crippen LogP contribution in [-0.4, -0.2) is 41.9 Å². The van der Waals surface area contributed by atoms with Crippen LogP contribution in [0.3, 0.4) is 0 Å². The molecular formula is C23H23N5OS. The van der Waals surface area contributed by atoms with Gasteiger partial charge in [0.25, 0.3) is 0 Å². The second-order valence-electron chi connectivity index (χ2n) is 9.47. The summed E-state index contributed by atoms with van der Waals surface area (Å²) in [4.78, 5) is 25.1. The van der Waals surface area contributed by atoms with Crippen molar-refractivity contribution in [1.82, 2.24) is 15.3 Å². The summed E-state index contributed by atoms with van der Waals surface area (Å²) < 4.78 is 0. The number of thiazole rings is 1. The Morgan fingerprint density at radius 3 is 2.67 bits per heavy atom. The number of hydrogen-bond acceptors (Lipinski definition) is 6. The summed E-state index contributed by atoms with van der Waals surface area (Å²) in [5.41, 5.74) is 4.03. The van der Waals surface area contributed by atoms with Crippen molar-refractivity contribution in [3.05, 3.63) is 45.6 Å². The maximum Gasteiger partial charge on any atom is 0.207 e. The molecule has 2 aliphatic heterocycles. The Bertz CT molecular complexity index is 1250. The smallest absolute Gasteiger partial charge is 0.207 e. The average molecular weight is 418 g/mol. The van der Waals surface area contributed by atoms with E-state index in [0.717, 1.165) is 64.0 Å². The van der Waals surface area contributed by atoms with Gasteiger partial charge < -0.3 is 15.2 Å². The fourth-order valence-electron chi connectivity index (χ4n) is 5.23. The summed E-state index contributed by atoms with van der Waals surface area (Å²) in [7, 11) is 0. The van der Waals surface area contributed by atoms with E-state index in [2.05, 4.69) is 35.1 Å². The molecule has 6 rings (SSSR count). The molecule has 0 radical (unpaired) electrons. The molecule has 0 unspecified atom stereocenters. The predicted molar refractivity (Wildman–Crippen MR) is 117 cm³/mol. The van der Waals surface area contributed by atoms with E-state index in [-0.39, 0.29) is 5.78 Å². The van der Waals surface area contributed by atoms with Crippen LogP contribution in [0.5, 0.6) is 0 Å². The van der Waals surface area contributed by atoms with Gasteiger partial charge in [0.05, 0.1) is 22.9 Å². The predicted octanol–water partition coefficient (Wildman–Crippen LogP) is 3.56. The third-order valence-electron chi connectivity index (χ3n) is 7.29. The highest BCUT2D eigenvalue weighted by Crippen LogP contribution is 2.47. The van der Waals surface area contributed by atoms with E-state index >= 15 is 0 Å². The van der Waals surface area contributed by atoms with Crippen molar-refractivity contribution in [2.45, 2.75) is 32.1 Å². The van der Waals surface area contributed by atoms with Crippen molar-refractivity contribution < 1.29 is 4.79 Å². The van der Waals surface area contributed by atoms with Crippen LogP contribution in [0.2, 0.25) is 0 Å². The second kappa shape index (κ2) is 5.93. The van der Waals surface area contributed by atoms with E-state index in [9.17, 15) is 10.1 Å². The quantitative estimate of drug-likeness (QED) is 0.632. The number of benzene rings is 1. The summed E-state index contributed by atoms with van der Waals surface area (Å²) in [6.45, 7) is 8.55. The number of fused-ring (bicyclic) bond motifs is 4. The first-order valence-corrected chi connectivity index (χ1v) is 11.3. The van der Waals surface area contributed by atoms with Crippen LogP contribution < -0.4 is 10.2 Å². The molecule has 2 aromatic heterocycles. The van der Waals surface area contributed by atoms with Crippen LogP contribution in [0.15, 0.2) is 18.2 Å². The van der Waals surface area contributed by atoms with Gasteiger partial charge in [-0.2, -0.15) is 5.26 Å². The van der Waals surface area contributed by atoms with Crippen molar-refractivity contribution in [3.8, 4) is 6.07 Å². The molecule has 7 heteroatoms. The van der Waals surface area contributed by atoms with Gasteiger partial charge in [0.15, 0.2) is 5.13 Å². The van der Waals surface area contributed by atoms with Gasteiger partial charge in [-0.15, -0.1) is 0 Å². The molecule has 0 atom stereocenters. The standard InChI is InChI=1S/C23H23N5OS/c1-22(2)19-16(14-4-3-13(10-24)9-15(14)26-19)17(29)18-20(22)27-21(30-18)28-7-5-23(6-8-28)11-25-12-23/h3-4,9,25-26H,5-8,11-12H2,1-2H3.